The molecule has 0 spiro atoms. The minimum Gasteiger partial charge on any atom is -0.503 e. The molecule has 0 aliphatic heterocycles. The number of carbonyl (C=O) groups excluding carboxylic acids is 2. The first kappa shape index (κ1) is 25.5. The van der Waals surface area contributed by atoms with E-state index in [2.05, 4.69) is 26.0 Å². The highest BCUT2D eigenvalue weighted by molar-refractivity contribution is 9.10. The molecule has 0 fully saturated rings. The summed E-state index contributed by atoms with van der Waals surface area (Å²) < 4.78 is 40.3. The van der Waals surface area contributed by atoms with E-state index in [4.69, 9.17) is 9.47 Å². The molecule has 0 aliphatic carbocycles. The second-order valence-corrected chi connectivity index (χ2v) is 8.08. The van der Waals surface area contributed by atoms with E-state index in [1.807, 2.05) is 30.3 Å². The first-order valence-corrected chi connectivity index (χ1v) is 10.6. The molecule has 0 saturated heterocycles. The molecule has 10 heteroatoms. The first-order chi connectivity index (χ1) is 15.1. The van der Waals surface area contributed by atoms with Gasteiger partial charge in [-0.15, -0.1) is 0 Å². The van der Waals surface area contributed by atoms with Crippen molar-refractivity contribution in [2.24, 2.45) is 0 Å². The molecule has 0 saturated carbocycles. The van der Waals surface area contributed by atoms with Crippen LogP contribution >= 0.6 is 15.9 Å². The van der Waals surface area contributed by atoms with E-state index in [1.54, 1.807) is 20.8 Å². The predicted octanol–water partition coefficient (Wildman–Crippen LogP) is 4.87. The molecule has 174 valence electrons. The number of carbonyl (C=O) groups is 2. The monoisotopic (exact) mass is 515 g/mol. The van der Waals surface area contributed by atoms with E-state index >= 15 is 0 Å². The van der Waals surface area contributed by atoms with Crippen LogP contribution in [0.25, 0.3) is 0 Å². The fourth-order valence-electron chi connectivity index (χ4n) is 2.69. The number of rotatable bonds is 10. The third-order valence-corrected chi connectivity index (χ3v) is 5.91. The molecule has 1 amide bonds. The van der Waals surface area contributed by atoms with E-state index in [0.717, 1.165) is 17.7 Å². The molecule has 0 aliphatic rings. The Morgan fingerprint density at radius 3 is 2.41 bits per heavy atom. The maximum absolute atomic E-state index is 12.9. The quantitative estimate of drug-likeness (QED) is 0.266. The lowest BCUT2D eigenvalue weighted by Crippen LogP contribution is -2.43. The van der Waals surface area contributed by atoms with Crippen LogP contribution in [0.3, 0.4) is 0 Å². The number of benzene rings is 2. The van der Waals surface area contributed by atoms with Crippen molar-refractivity contribution < 1.29 is 37.7 Å². The number of esters is 1. The summed E-state index contributed by atoms with van der Waals surface area (Å²) in [4.78, 5) is 24.2. The molecule has 2 aromatic carbocycles. The van der Waals surface area contributed by atoms with E-state index in [1.165, 1.54) is 0 Å². The van der Waals surface area contributed by atoms with Crippen molar-refractivity contribution in [3.05, 3.63) is 53.6 Å². The highest BCUT2D eigenvalue weighted by atomic mass is 79.9. The Morgan fingerprint density at radius 1 is 1.16 bits per heavy atom. The first-order valence-electron chi connectivity index (χ1n) is 9.67. The van der Waals surface area contributed by atoms with Gasteiger partial charge in [-0.25, -0.2) is 4.79 Å². The van der Waals surface area contributed by atoms with Gasteiger partial charge in [0.05, 0.1) is 24.4 Å². The fourth-order valence-corrected chi connectivity index (χ4v) is 2.93. The van der Waals surface area contributed by atoms with Gasteiger partial charge >= 0.3 is 12.6 Å². The Bertz CT molecular complexity index is 940. The number of amides is 1. The lowest BCUT2D eigenvalue weighted by Gasteiger charge is -2.30. The molecule has 2 N–H and O–H groups in total. The average Bonchev–Trinajstić information content (AvgIpc) is 2.75. The maximum Gasteiger partial charge on any atom is 0.387 e. The number of alkyl halides is 3. The third kappa shape index (κ3) is 6.64. The van der Waals surface area contributed by atoms with Crippen molar-refractivity contribution in [1.29, 1.82) is 0 Å². The zero-order chi connectivity index (χ0) is 23.9. The van der Waals surface area contributed by atoms with Crippen LogP contribution in [-0.4, -0.2) is 40.6 Å². The summed E-state index contributed by atoms with van der Waals surface area (Å²) in [5.41, 5.74) is -0.742. The van der Waals surface area contributed by atoms with Gasteiger partial charge in [-0.2, -0.15) is 8.78 Å². The van der Waals surface area contributed by atoms with Crippen molar-refractivity contribution in [1.82, 2.24) is 0 Å². The van der Waals surface area contributed by atoms with Gasteiger partial charge in [0.15, 0.2) is 11.5 Å². The predicted molar refractivity (Wildman–Crippen MR) is 117 cm³/mol. The molecule has 2 rings (SSSR count). The highest BCUT2D eigenvalue weighted by Crippen LogP contribution is 2.39. The summed E-state index contributed by atoms with van der Waals surface area (Å²) in [6, 6.07) is 11.4. The number of phenols is 1. The molecule has 1 atom stereocenters. The van der Waals surface area contributed by atoms with E-state index < -0.39 is 46.1 Å². The van der Waals surface area contributed by atoms with Crippen LogP contribution in [0, 0.1) is 0 Å². The largest absolute Gasteiger partial charge is 0.503 e. The van der Waals surface area contributed by atoms with Crippen molar-refractivity contribution in [2.75, 3.05) is 11.9 Å². The number of hydrogen-bond acceptors (Lipinski definition) is 6. The number of ether oxygens (including phenoxy) is 3. The van der Waals surface area contributed by atoms with Crippen LogP contribution in [0.2, 0.25) is 0 Å². The zero-order valence-electron chi connectivity index (χ0n) is 17.7. The molecule has 1 unspecified atom stereocenters. The number of nitrogens with one attached hydrogen (secondary N) is 1. The molecular formula is C22H24BrF2NO6. The second-order valence-electron chi connectivity index (χ2n) is 7.16. The Hall–Kier alpha value is -2.72. The molecule has 2 aromatic rings. The lowest BCUT2D eigenvalue weighted by molar-refractivity contribution is -0.121. The van der Waals surface area contributed by atoms with Gasteiger partial charge in [0.1, 0.15) is 10.5 Å². The number of phenolic OH excluding ortho intramolecular Hbond substituents is 1. The van der Waals surface area contributed by atoms with Crippen LogP contribution in [0.15, 0.2) is 42.5 Å². The van der Waals surface area contributed by atoms with Crippen LogP contribution in [0.5, 0.6) is 11.5 Å². The minimum absolute atomic E-state index is 0.0314. The minimum atomic E-state index is -3.22. The van der Waals surface area contributed by atoms with E-state index in [9.17, 15) is 23.5 Å². The summed E-state index contributed by atoms with van der Waals surface area (Å²) in [6.07, 6.45) is 0. The number of anilines is 1. The van der Waals surface area contributed by atoms with Crippen molar-refractivity contribution in [3.8, 4) is 11.5 Å². The smallest absolute Gasteiger partial charge is 0.387 e. The fraction of sp³-hybridized carbons (Fsp3) is 0.364. The Labute approximate surface area is 192 Å². The Kier molecular flexibility index (Phi) is 8.97. The average molecular weight is 516 g/mol. The summed E-state index contributed by atoms with van der Waals surface area (Å²) in [7, 11) is 0. The zero-order valence-corrected chi connectivity index (χ0v) is 19.3. The van der Waals surface area contributed by atoms with Gasteiger partial charge in [-0.05, 0) is 38.5 Å². The molecule has 7 nitrogen and oxygen atoms in total. The number of hydrogen-bond donors (Lipinski definition) is 2. The Balaban J connectivity index is 2.25. The molecule has 0 bridgehead atoms. The van der Waals surface area contributed by atoms with E-state index in [-0.39, 0.29) is 18.8 Å². The third-order valence-electron chi connectivity index (χ3n) is 4.39. The highest BCUT2D eigenvalue weighted by Gasteiger charge is 2.35. The summed E-state index contributed by atoms with van der Waals surface area (Å²) in [6.45, 7) is 1.98. The van der Waals surface area contributed by atoms with Gasteiger partial charge in [0.25, 0.3) is 0 Å². The molecule has 0 radical (unpaired) electrons. The van der Waals surface area contributed by atoms with Crippen molar-refractivity contribution >= 4 is 33.5 Å². The van der Waals surface area contributed by atoms with Gasteiger partial charge in [0.2, 0.25) is 5.91 Å². The Morgan fingerprint density at radius 2 is 1.81 bits per heavy atom. The molecule has 0 heterocycles. The SMILES string of the molecule is CCOC(=O)c1ccc(OC(F)F)c(O)c1NC(=O)C(Br)C(C)(C)OCc1ccccc1. The van der Waals surface area contributed by atoms with Crippen LogP contribution < -0.4 is 10.1 Å². The van der Waals surface area contributed by atoms with Gasteiger partial charge in [0, 0.05) is 0 Å². The second kappa shape index (κ2) is 11.2. The van der Waals surface area contributed by atoms with Crippen molar-refractivity contribution in [2.45, 2.75) is 44.4 Å². The topological polar surface area (TPSA) is 94.1 Å². The maximum atomic E-state index is 12.9. The summed E-state index contributed by atoms with van der Waals surface area (Å²) >= 11 is 3.29. The summed E-state index contributed by atoms with van der Waals surface area (Å²) in [5, 5.41) is 12.8. The van der Waals surface area contributed by atoms with Crippen LogP contribution in [0.1, 0.15) is 36.7 Å². The van der Waals surface area contributed by atoms with Crippen LogP contribution in [0.4, 0.5) is 14.5 Å². The molecule has 32 heavy (non-hydrogen) atoms. The number of aromatic hydroxyl groups is 1. The standard InChI is InChI=1S/C22H24BrF2NO6/c1-4-30-20(29)14-10-11-15(32-21(24)25)17(27)16(14)26-19(28)18(23)22(2,3)31-12-13-8-6-5-7-9-13/h5-11,18,21,27H,4,12H2,1-3H3,(H,26,28). The van der Waals surface area contributed by atoms with Gasteiger partial charge in [-0.1, -0.05) is 46.3 Å². The van der Waals surface area contributed by atoms with Crippen molar-refractivity contribution in [3.63, 3.8) is 0 Å². The normalized spacial score (nSPS) is 12.3. The summed E-state index contributed by atoms with van der Waals surface area (Å²) in [5.74, 6) is -2.97. The van der Waals surface area contributed by atoms with E-state index in [0.29, 0.717) is 0 Å². The molecule has 0 aromatic heterocycles. The molecular weight excluding hydrogens is 492 g/mol. The van der Waals surface area contributed by atoms with Gasteiger partial charge < -0.3 is 24.6 Å². The van der Waals surface area contributed by atoms with Gasteiger partial charge in [-0.3, -0.25) is 4.79 Å². The van der Waals surface area contributed by atoms with Crippen LogP contribution in [-0.2, 0) is 20.9 Å². The number of halogens is 3. The lowest BCUT2D eigenvalue weighted by atomic mass is 10.0.